The van der Waals surface area contributed by atoms with Crippen LogP contribution >= 0.6 is 11.3 Å². The third-order valence-corrected chi connectivity index (χ3v) is 6.52. The zero-order chi connectivity index (χ0) is 15.6. The van der Waals surface area contributed by atoms with Crippen LogP contribution in [0.5, 0.6) is 0 Å². The highest BCUT2D eigenvalue weighted by Gasteiger charge is 2.26. The van der Waals surface area contributed by atoms with Crippen LogP contribution in [0.4, 0.5) is 0 Å². The van der Waals surface area contributed by atoms with Crippen LogP contribution in [0, 0.1) is 19.8 Å². The number of nitrogens with one attached hydrogen (secondary N) is 1. The molecule has 1 aromatic rings. The summed E-state index contributed by atoms with van der Waals surface area (Å²) in [6.07, 6.45) is 3.34. The van der Waals surface area contributed by atoms with Gasteiger partial charge in [0.1, 0.15) is 0 Å². The zero-order valence-electron chi connectivity index (χ0n) is 13.2. The highest BCUT2D eigenvalue weighted by molar-refractivity contribution is 7.88. The Labute approximate surface area is 131 Å². The minimum absolute atomic E-state index is 0.268. The number of sulfonamides is 1. The summed E-state index contributed by atoms with van der Waals surface area (Å²) in [5.41, 5.74) is 1.10. The zero-order valence-corrected chi connectivity index (χ0v) is 14.9. The van der Waals surface area contributed by atoms with Crippen molar-refractivity contribution in [3.8, 4) is 0 Å². The van der Waals surface area contributed by atoms with E-state index in [1.807, 2.05) is 13.8 Å². The molecule has 0 aromatic carbocycles. The van der Waals surface area contributed by atoms with E-state index in [-0.39, 0.29) is 6.04 Å². The lowest BCUT2D eigenvalue weighted by Crippen LogP contribution is -2.42. The van der Waals surface area contributed by atoms with E-state index in [9.17, 15) is 8.42 Å². The quantitative estimate of drug-likeness (QED) is 0.897. The Hall–Kier alpha value is -0.500. The predicted octanol–water partition coefficient (Wildman–Crippen LogP) is 2.08. The molecule has 2 unspecified atom stereocenters. The second kappa shape index (κ2) is 6.73. The average Bonchev–Trinajstić information content (AvgIpc) is 2.74. The molecule has 0 radical (unpaired) electrons. The second-order valence-corrected chi connectivity index (χ2v) is 9.16. The lowest BCUT2D eigenvalue weighted by molar-refractivity contribution is 0.257. The number of hydrogen-bond acceptors (Lipinski definition) is 5. The Balaban J connectivity index is 1.89. The van der Waals surface area contributed by atoms with Gasteiger partial charge in [0.05, 0.1) is 17.0 Å². The van der Waals surface area contributed by atoms with Gasteiger partial charge in [-0.05, 0) is 46.1 Å². The smallest absolute Gasteiger partial charge is 0.211 e. The van der Waals surface area contributed by atoms with Crippen LogP contribution in [0.1, 0.15) is 41.4 Å². The van der Waals surface area contributed by atoms with Crippen molar-refractivity contribution in [3.63, 3.8) is 0 Å². The van der Waals surface area contributed by atoms with E-state index in [0.29, 0.717) is 19.0 Å². The van der Waals surface area contributed by atoms with Crippen LogP contribution in [0.3, 0.4) is 0 Å². The molecular formula is C14H25N3O2S2. The fourth-order valence-electron chi connectivity index (χ4n) is 2.88. The minimum Gasteiger partial charge on any atom is -0.309 e. The second-order valence-electron chi connectivity index (χ2n) is 5.94. The summed E-state index contributed by atoms with van der Waals surface area (Å²) >= 11 is 1.73. The Bertz CT molecular complexity index is 583. The van der Waals surface area contributed by atoms with E-state index >= 15 is 0 Å². The summed E-state index contributed by atoms with van der Waals surface area (Å²) in [4.78, 5) is 5.74. The topological polar surface area (TPSA) is 62.3 Å². The van der Waals surface area contributed by atoms with Crippen molar-refractivity contribution in [2.75, 3.05) is 25.9 Å². The van der Waals surface area contributed by atoms with E-state index in [1.165, 1.54) is 11.1 Å². The monoisotopic (exact) mass is 331 g/mol. The maximum Gasteiger partial charge on any atom is 0.211 e. The lowest BCUT2D eigenvalue weighted by Gasteiger charge is -2.31. The number of nitrogens with zero attached hydrogens (tertiary/aromatic N) is 2. The Morgan fingerprint density at radius 3 is 2.76 bits per heavy atom. The highest BCUT2D eigenvalue weighted by Crippen LogP contribution is 2.25. The van der Waals surface area contributed by atoms with Gasteiger partial charge in [0.2, 0.25) is 10.0 Å². The molecule has 1 aliphatic heterocycles. The van der Waals surface area contributed by atoms with E-state index in [2.05, 4.69) is 17.2 Å². The van der Waals surface area contributed by atoms with Crippen LogP contribution in [-0.2, 0) is 10.0 Å². The van der Waals surface area contributed by atoms with Gasteiger partial charge in [-0.15, -0.1) is 11.3 Å². The van der Waals surface area contributed by atoms with Gasteiger partial charge in [-0.2, -0.15) is 0 Å². The normalized spacial score (nSPS) is 22.4. The van der Waals surface area contributed by atoms with Crippen molar-refractivity contribution in [2.24, 2.45) is 5.92 Å². The van der Waals surface area contributed by atoms with Gasteiger partial charge in [0, 0.05) is 24.0 Å². The van der Waals surface area contributed by atoms with Crippen molar-refractivity contribution in [2.45, 2.75) is 39.7 Å². The van der Waals surface area contributed by atoms with Crippen molar-refractivity contribution >= 4 is 21.4 Å². The molecular weight excluding hydrogens is 306 g/mol. The molecule has 21 heavy (non-hydrogen) atoms. The van der Waals surface area contributed by atoms with Gasteiger partial charge < -0.3 is 5.32 Å². The molecule has 1 aliphatic rings. The van der Waals surface area contributed by atoms with E-state index in [0.717, 1.165) is 30.1 Å². The third-order valence-electron chi connectivity index (χ3n) is 4.00. The molecule has 0 saturated carbocycles. The van der Waals surface area contributed by atoms with Crippen LogP contribution in [0.15, 0.2) is 0 Å². The Morgan fingerprint density at radius 1 is 1.48 bits per heavy atom. The molecule has 1 N–H and O–H groups in total. The fourth-order valence-corrected chi connectivity index (χ4v) is 4.78. The first kappa shape index (κ1) is 16.9. The van der Waals surface area contributed by atoms with Gasteiger partial charge >= 0.3 is 0 Å². The van der Waals surface area contributed by atoms with Gasteiger partial charge in [-0.3, -0.25) is 0 Å². The van der Waals surface area contributed by atoms with Crippen molar-refractivity contribution in [1.29, 1.82) is 0 Å². The summed E-state index contributed by atoms with van der Waals surface area (Å²) < 4.78 is 24.9. The first-order chi connectivity index (χ1) is 9.77. The fraction of sp³-hybridized carbons (Fsp3) is 0.786. The maximum atomic E-state index is 11.6. The van der Waals surface area contributed by atoms with Crippen molar-refractivity contribution in [3.05, 3.63) is 15.6 Å². The number of aromatic nitrogens is 1. The largest absolute Gasteiger partial charge is 0.309 e. The number of hydrogen-bond donors (Lipinski definition) is 1. The standard InChI is InChI=1S/C14H25N3O2S2/c1-10(14-11(2)16-12(3)20-14)15-8-13-6-5-7-17(9-13)21(4,18)19/h10,13,15H,5-9H2,1-4H3. The summed E-state index contributed by atoms with van der Waals surface area (Å²) in [6.45, 7) is 8.37. The first-order valence-corrected chi connectivity index (χ1v) is 10.1. The number of piperidine rings is 1. The summed E-state index contributed by atoms with van der Waals surface area (Å²) in [5, 5.41) is 4.64. The van der Waals surface area contributed by atoms with Gasteiger partial charge in [0.15, 0.2) is 0 Å². The van der Waals surface area contributed by atoms with Gasteiger partial charge in [-0.25, -0.2) is 17.7 Å². The molecule has 5 nitrogen and oxygen atoms in total. The molecule has 0 aliphatic carbocycles. The molecule has 1 saturated heterocycles. The molecule has 0 spiro atoms. The Kier molecular flexibility index (Phi) is 5.40. The molecule has 1 aromatic heterocycles. The van der Waals surface area contributed by atoms with Gasteiger partial charge in [-0.1, -0.05) is 0 Å². The van der Waals surface area contributed by atoms with Crippen molar-refractivity contribution in [1.82, 2.24) is 14.6 Å². The van der Waals surface area contributed by atoms with Crippen LogP contribution in [0.25, 0.3) is 0 Å². The molecule has 7 heteroatoms. The number of rotatable bonds is 5. The SMILES string of the molecule is Cc1nc(C)c(C(C)NCC2CCCN(S(C)(=O)=O)C2)s1. The third kappa shape index (κ3) is 4.48. The highest BCUT2D eigenvalue weighted by atomic mass is 32.2. The maximum absolute atomic E-state index is 11.6. The van der Waals surface area contributed by atoms with Gasteiger partial charge in [0.25, 0.3) is 0 Å². The van der Waals surface area contributed by atoms with Crippen LogP contribution < -0.4 is 5.32 Å². The summed E-state index contributed by atoms with van der Waals surface area (Å²) in [6, 6.07) is 0.268. The van der Waals surface area contributed by atoms with E-state index < -0.39 is 10.0 Å². The molecule has 2 atom stereocenters. The van der Waals surface area contributed by atoms with E-state index in [4.69, 9.17) is 0 Å². The average molecular weight is 332 g/mol. The van der Waals surface area contributed by atoms with Crippen LogP contribution in [-0.4, -0.2) is 43.6 Å². The summed E-state index contributed by atoms with van der Waals surface area (Å²) in [7, 11) is -3.06. The first-order valence-electron chi connectivity index (χ1n) is 7.40. The number of thiazole rings is 1. The van der Waals surface area contributed by atoms with E-state index in [1.54, 1.807) is 15.6 Å². The summed E-state index contributed by atoms with van der Waals surface area (Å²) in [5.74, 6) is 0.394. The lowest BCUT2D eigenvalue weighted by atomic mass is 9.99. The molecule has 0 bridgehead atoms. The van der Waals surface area contributed by atoms with Crippen molar-refractivity contribution < 1.29 is 8.42 Å². The predicted molar refractivity (Wildman–Crippen MR) is 87.1 cm³/mol. The minimum atomic E-state index is -3.06. The molecule has 2 rings (SSSR count). The molecule has 120 valence electrons. The number of aryl methyl sites for hydroxylation is 2. The molecule has 2 heterocycles. The molecule has 0 amide bonds. The molecule has 1 fully saturated rings. The Morgan fingerprint density at radius 2 is 2.19 bits per heavy atom. The van der Waals surface area contributed by atoms with Crippen LogP contribution in [0.2, 0.25) is 0 Å².